The molecule has 1 rings (SSSR count). The van der Waals surface area contributed by atoms with E-state index >= 15 is 0 Å². The SMILES string of the molecule is CCCSCc1ncc(CNCC)[nH]1. The van der Waals surface area contributed by atoms with Crippen molar-refractivity contribution in [1.29, 1.82) is 0 Å². The van der Waals surface area contributed by atoms with E-state index < -0.39 is 0 Å². The Morgan fingerprint density at radius 2 is 2.36 bits per heavy atom. The average molecular weight is 213 g/mol. The van der Waals surface area contributed by atoms with E-state index in [4.69, 9.17) is 0 Å². The summed E-state index contributed by atoms with van der Waals surface area (Å²) in [6.45, 7) is 6.20. The molecule has 0 bridgehead atoms. The van der Waals surface area contributed by atoms with Crippen molar-refractivity contribution in [3.8, 4) is 0 Å². The van der Waals surface area contributed by atoms with Crippen LogP contribution in [0.3, 0.4) is 0 Å². The molecular formula is C10H19N3S. The van der Waals surface area contributed by atoms with Gasteiger partial charge in [-0.15, -0.1) is 0 Å². The van der Waals surface area contributed by atoms with Gasteiger partial charge in [-0.3, -0.25) is 0 Å². The smallest absolute Gasteiger partial charge is 0.116 e. The zero-order valence-electron chi connectivity index (χ0n) is 8.97. The molecule has 3 nitrogen and oxygen atoms in total. The topological polar surface area (TPSA) is 40.7 Å². The molecule has 0 aromatic carbocycles. The number of nitrogens with zero attached hydrogens (tertiary/aromatic N) is 1. The van der Waals surface area contributed by atoms with E-state index in [0.29, 0.717) is 0 Å². The second-order valence-corrected chi connectivity index (χ2v) is 4.29. The second kappa shape index (κ2) is 6.90. The lowest BCUT2D eigenvalue weighted by Crippen LogP contribution is -2.11. The molecule has 0 fully saturated rings. The van der Waals surface area contributed by atoms with E-state index in [0.717, 1.165) is 24.7 Å². The van der Waals surface area contributed by atoms with Crippen LogP contribution < -0.4 is 5.32 Å². The van der Waals surface area contributed by atoms with Gasteiger partial charge in [-0.25, -0.2) is 4.98 Å². The molecule has 2 N–H and O–H groups in total. The Labute approximate surface area is 90.1 Å². The summed E-state index contributed by atoms with van der Waals surface area (Å²) in [6, 6.07) is 0. The van der Waals surface area contributed by atoms with Crippen molar-refractivity contribution < 1.29 is 0 Å². The van der Waals surface area contributed by atoms with Gasteiger partial charge in [0.2, 0.25) is 0 Å². The highest BCUT2D eigenvalue weighted by molar-refractivity contribution is 7.98. The van der Waals surface area contributed by atoms with Crippen molar-refractivity contribution in [3.63, 3.8) is 0 Å². The highest BCUT2D eigenvalue weighted by Gasteiger charge is 1.99. The Bertz CT molecular complexity index is 247. The number of nitrogens with one attached hydrogen (secondary N) is 2. The van der Waals surface area contributed by atoms with Gasteiger partial charge in [0.1, 0.15) is 5.82 Å². The van der Waals surface area contributed by atoms with E-state index in [1.807, 2.05) is 18.0 Å². The van der Waals surface area contributed by atoms with Crippen LogP contribution in [0, 0.1) is 0 Å². The predicted octanol–water partition coefficient (Wildman–Crippen LogP) is 2.16. The third-order valence-electron chi connectivity index (χ3n) is 1.83. The number of H-pyrrole nitrogens is 1. The molecule has 1 aromatic heterocycles. The van der Waals surface area contributed by atoms with E-state index in [1.165, 1.54) is 17.9 Å². The molecule has 0 aliphatic carbocycles. The van der Waals surface area contributed by atoms with Gasteiger partial charge in [-0.05, 0) is 18.7 Å². The molecule has 0 unspecified atom stereocenters. The molecule has 0 radical (unpaired) electrons. The monoisotopic (exact) mass is 213 g/mol. The van der Waals surface area contributed by atoms with Crippen molar-refractivity contribution >= 4 is 11.8 Å². The average Bonchev–Trinajstić information content (AvgIpc) is 2.63. The molecule has 0 saturated carbocycles. The Hall–Kier alpha value is -0.480. The summed E-state index contributed by atoms with van der Waals surface area (Å²) in [5.41, 5.74) is 1.18. The lowest BCUT2D eigenvalue weighted by Gasteiger charge is -1.97. The van der Waals surface area contributed by atoms with Gasteiger partial charge in [0, 0.05) is 18.4 Å². The van der Waals surface area contributed by atoms with Gasteiger partial charge in [0.15, 0.2) is 0 Å². The van der Waals surface area contributed by atoms with E-state index in [9.17, 15) is 0 Å². The molecule has 0 aliphatic rings. The van der Waals surface area contributed by atoms with Gasteiger partial charge >= 0.3 is 0 Å². The zero-order valence-corrected chi connectivity index (χ0v) is 9.78. The molecule has 4 heteroatoms. The van der Waals surface area contributed by atoms with Crippen LogP contribution in [0.5, 0.6) is 0 Å². The fourth-order valence-corrected chi connectivity index (χ4v) is 1.91. The normalized spacial score (nSPS) is 10.7. The van der Waals surface area contributed by atoms with Gasteiger partial charge in [0.25, 0.3) is 0 Å². The molecule has 0 spiro atoms. The first-order valence-corrected chi connectivity index (χ1v) is 6.33. The Morgan fingerprint density at radius 1 is 1.50 bits per heavy atom. The zero-order chi connectivity index (χ0) is 10.2. The molecule has 80 valence electrons. The summed E-state index contributed by atoms with van der Waals surface area (Å²) in [7, 11) is 0. The van der Waals surface area contributed by atoms with Crippen molar-refractivity contribution in [2.45, 2.75) is 32.6 Å². The predicted molar refractivity (Wildman–Crippen MR) is 62.4 cm³/mol. The number of hydrogen-bond donors (Lipinski definition) is 2. The first kappa shape index (κ1) is 11.6. The number of aromatic nitrogens is 2. The minimum absolute atomic E-state index is 0.891. The van der Waals surface area contributed by atoms with Crippen LogP contribution in [0.15, 0.2) is 6.20 Å². The Balaban J connectivity index is 2.27. The maximum Gasteiger partial charge on any atom is 0.116 e. The number of rotatable bonds is 7. The van der Waals surface area contributed by atoms with Crippen molar-refractivity contribution in [1.82, 2.24) is 15.3 Å². The van der Waals surface area contributed by atoms with Crippen LogP contribution >= 0.6 is 11.8 Å². The van der Waals surface area contributed by atoms with E-state index in [-0.39, 0.29) is 0 Å². The van der Waals surface area contributed by atoms with Gasteiger partial charge in [-0.1, -0.05) is 13.8 Å². The third-order valence-corrected chi connectivity index (χ3v) is 3.01. The molecule has 14 heavy (non-hydrogen) atoms. The maximum atomic E-state index is 4.32. The number of imidazole rings is 1. The van der Waals surface area contributed by atoms with Crippen molar-refractivity contribution in [2.75, 3.05) is 12.3 Å². The van der Waals surface area contributed by atoms with Crippen LogP contribution in [0.2, 0.25) is 0 Å². The minimum Gasteiger partial charge on any atom is -0.344 e. The van der Waals surface area contributed by atoms with Gasteiger partial charge < -0.3 is 10.3 Å². The fourth-order valence-electron chi connectivity index (χ4n) is 1.14. The summed E-state index contributed by atoms with van der Waals surface area (Å²) in [5, 5.41) is 3.27. The van der Waals surface area contributed by atoms with Crippen molar-refractivity contribution in [2.24, 2.45) is 0 Å². The highest BCUT2D eigenvalue weighted by atomic mass is 32.2. The quantitative estimate of drug-likeness (QED) is 0.682. The van der Waals surface area contributed by atoms with Crippen LogP contribution in [0.1, 0.15) is 31.8 Å². The number of hydrogen-bond acceptors (Lipinski definition) is 3. The summed E-state index contributed by atoms with van der Waals surface area (Å²) in [4.78, 5) is 7.64. The molecule has 0 atom stereocenters. The third kappa shape index (κ3) is 4.15. The van der Waals surface area contributed by atoms with Crippen LogP contribution in [-0.4, -0.2) is 22.3 Å². The molecule has 0 amide bonds. The molecular weight excluding hydrogens is 194 g/mol. The van der Waals surface area contributed by atoms with Gasteiger partial charge in [0.05, 0.1) is 5.75 Å². The van der Waals surface area contributed by atoms with Crippen LogP contribution in [0.4, 0.5) is 0 Å². The van der Waals surface area contributed by atoms with Crippen molar-refractivity contribution in [3.05, 3.63) is 17.7 Å². The summed E-state index contributed by atoms with van der Waals surface area (Å²) in [6.07, 6.45) is 3.15. The first-order valence-electron chi connectivity index (χ1n) is 5.18. The first-order chi connectivity index (χ1) is 6.86. The largest absolute Gasteiger partial charge is 0.344 e. The number of aromatic amines is 1. The lowest BCUT2D eigenvalue weighted by atomic mass is 10.5. The van der Waals surface area contributed by atoms with Crippen LogP contribution in [-0.2, 0) is 12.3 Å². The van der Waals surface area contributed by atoms with Crippen LogP contribution in [0.25, 0.3) is 0 Å². The molecule has 0 saturated heterocycles. The van der Waals surface area contributed by atoms with E-state index in [2.05, 4.69) is 29.1 Å². The molecule has 1 aromatic rings. The van der Waals surface area contributed by atoms with Gasteiger partial charge in [-0.2, -0.15) is 11.8 Å². The summed E-state index contributed by atoms with van der Waals surface area (Å²) >= 11 is 1.93. The van der Waals surface area contributed by atoms with E-state index in [1.54, 1.807) is 0 Å². The fraction of sp³-hybridized carbons (Fsp3) is 0.700. The highest BCUT2D eigenvalue weighted by Crippen LogP contribution is 2.09. The summed E-state index contributed by atoms with van der Waals surface area (Å²) < 4.78 is 0. The lowest BCUT2D eigenvalue weighted by molar-refractivity contribution is 0.713. The Morgan fingerprint density at radius 3 is 3.07 bits per heavy atom. The Kier molecular flexibility index (Phi) is 5.71. The number of thioether (sulfide) groups is 1. The molecule has 0 aliphatic heterocycles. The standard InChI is InChI=1S/C10H19N3S/c1-3-5-14-8-10-12-7-9(13-10)6-11-4-2/h7,11H,3-6,8H2,1-2H3,(H,12,13). The minimum atomic E-state index is 0.891. The maximum absolute atomic E-state index is 4.32. The molecule has 1 heterocycles. The second-order valence-electron chi connectivity index (χ2n) is 3.19. The summed E-state index contributed by atoms with van der Waals surface area (Å²) in [5.74, 6) is 3.31.